The van der Waals surface area contributed by atoms with Gasteiger partial charge in [0, 0.05) is 17.6 Å². The summed E-state index contributed by atoms with van der Waals surface area (Å²) in [6.07, 6.45) is -0.0744. The number of alkyl carbamates (subject to hydrolysis) is 1. The quantitative estimate of drug-likeness (QED) is 0.537. The van der Waals surface area contributed by atoms with E-state index in [4.69, 9.17) is 4.74 Å². The molecular weight excluding hydrogens is 422 g/mol. The highest BCUT2D eigenvalue weighted by Gasteiger charge is 2.39. The molecule has 0 aliphatic rings. The highest BCUT2D eigenvalue weighted by atomic mass is 16.6. The van der Waals surface area contributed by atoms with Crippen molar-refractivity contribution in [1.82, 2.24) is 15.5 Å². The van der Waals surface area contributed by atoms with E-state index in [1.807, 2.05) is 34.6 Å². The summed E-state index contributed by atoms with van der Waals surface area (Å²) < 4.78 is 5.36. The Bertz CT molecular complexity index is 826. The number of benzene rings is 1. The Hall–Kier alpha value is -2.77. The fourth-order valence-electron chi connectivity index (χ4n) is 3.37. The number of aromatic hydroxyl groups is 1. The van der Waals surface area contributed by atoms with Gasteiger partial charge in [-0.05, 0) is 60.5 Å². The van der Waals surface area contributed by atoms with Crippen LogP contribution in [0, 0.1) is 5.92 Å². The number of carbonyl (C=O) groups excluding carboxylic acids is 3. The lowest BCUT2D eigenvalue weighted by Gasteiger charge is -2.36. The molecule has 8 nitrogen and oxygen atoms in total. The number of carbonyl (C=O) groups is 3. The first-order valence-corrected chi connectivity index (χ1v) is 11.5. The number of nitrogens with zero attached hydrogens (tertiary/aromatic N) is 1. The number of rotatable bonds is 8. The molecule has 0 saturated carbocycles. The summed E-state index contributed by atoms with van der Waals surface area (Å²) in [5, 5.41) is 16.1. The van der Waals surface area contributed by atoms with Gasteiger partial charge in [0.15, 0.2) is 0 Å². The molecule has 3 atom stereocenters. The van der Waals surface area contributed by atoms with E-state index in [0.717, 1.165) is 0 Å². The molecule has 0 bridgehead atoms. The molecule has 0 spiro atoms. The van der Waals surface area contributed by atoms with Crippen LogP contribution >= 0.6 is 0 Å². The molecular formula is C25H41N3O5. The predicted molar refractivity (Wildman–Crippen MR) is 129 cm³/mol. The van der Waals surface area contributed by atoms with Crippen LogP contribution in [0.1, 0.15) is 80.3 Å². The molecule has 3 amide bonds. The zero-order valence-corrected chi connectivity index (χ0v) is 21.5. The molecule has 186 valence electrons. The van der Waals surface area contributed by atoms with Crippen molar-refractivity contribution < 1.29 is 24.2 Å². The molecule has 0 fully saturated rings. The van der Waals surface area contributed by atoms with Crippen molar-refractivity contribution >= 4 is 17.9 Å². The largest absolute Gasteiger partial charge is 0.508 e. The summed E-state index contributed by atoms with van der Waals surface area (Å²) in [5.41, 5.74) is -0.954. The average Bonchev–Trinajstić information content (AvgIpc) is 2.67. The SMILES string of the molecule is CCC(C)C(NC(=O)OC(C)(C)C)C(=O)N(CC)C(C(=O)NC(C)(C)C)c1ccccc1O. The maximum absolute atomic E-state index is 13.8. The number of nitrogens with one attached hydrogen (secondary N) is 2. The molecule has 0 radical (unpaired) electrons. The van der Waals surface area contributed by atoms with Crippen molar-refractivity contribution in [1.29, 1.82) is 0 Å². The Kier molecular flexibility index (Phi) is 9.75. The minimum atomic E-state index is -1.07. The van der Waals surface area contributed by atoms with Crippen molar-refractivity contribution in [2.24, 2.45) is 5.92 Å². The average molecular weight is 464 g/mol. The number of hydrogen-bond donors (Lipinski definition) is 3. The first kappa shape index (κ1) is 28.3. The topological polar surface area (TPSA) is 108 Å². The van der Waals surface area contributed by atoms with Gasteiger partial charge in [-0.2, -0.15) is 0 Å². The molecule has 3 N–H and O–H groups in total. The van der Waals surface area contributed by atoms with E-state index in [1.165, 1.54) is 11.0 Å². The van der Waals surface area contributed by atoms with Crippen molar-refractivity contribution in [3.63, 3.8) is 0 Å². The fraction of sp³-hybridized carbons (Fsp3) is 0.640. The smallest absolute Gasteiger partial charge is 0.408 e. The molecule has 1 rings (SSSR count). The molecule has 1 aromatic rings. The van der Waals surface area contributed by atoms with Gasteiger partial charge in [0.25, 0.3) is 0 Å². The lowest BCUT2D eigenvalue weighted by molar-refractivity contribution is -0.143. The van der Waals surface area contributed by atoms with Crippen LogP contribution < -0.4 is 10.6 Å². The molecule has 1 aromatic carbocycles. The number of phenolic OH excluding ortho intramolecular Hbond substituents is 1. The number of amides is 3. The van der Waals surface area contributed by atoms with Crippen LogP contribution in [0.15, 0.2) is 24.3 Å². The van der Waals surface area contributed by atoms with Crippen molar-refractivity contribution in [3.8, 4) is 5.75 Å². The van der Waals surface area contributed by atoms with Crippen LogP contribution in [0.4, 0.5) is 4.79 Å². The third kappa shape index (κ3) is 8.59. The van der Waals surface area contributed by atoms with E-state index in [-0.39, 0.29) is 18.2 Å². The van der Waals surface area contributed by atoms with E-state index < -0.39 is 41.1 Å². The van der Waals surface area contributed by atoms with E-state index in [9.17, 15) is 19.5 Å². The number of para-hydroxylation sites is 1. The van der Waals surface area contributed by atoms with Crippen LogP contribution in [-0.4, -0.2) is 51.6 Å². The van der Waals surface area contributed by atoms with Gasteiger partial charge in [-0.1, -0.05) is 38.5 Å². The van der Waals surface area contributed by atoms with E-state index in [0.29, 0.717) is 12.0 Å². The van der Waals surface area contributed by atoms with E-state index >= 15 is 0 Å². The summed E-state index contributed by atoms with van der Waals surface area (Å²) in [7, 11) is 0. The van der Waals surface area contributed by atoms with Gasteiger partial charge in [-0.15, -0.1) is 0 Å². The Balaban J connectivity index is 3.43. The predicted octanol–water partition coefficient (Wildman–Crippen LogP) is 4.14. The Labute approximate surface area is 198 Å². The Morgan fingerprint density at radius 2 is 1.64 bits per heavy atom. The zero-order valence-electron chi connectivity index (χ0n) is 21.5. The van der Waals surface area contributed by atoms with Gasteiger partial charge in [0.1, 0.15) is 23.4 Å². The number of likely N-dealkylation sites (N-methyl/N-ethyl adjacent to an activating group) is 1. The maximum atomic E-state index is 13.8. The second-order valence-corrected chi connectivity index (χ2v) is 10.3. The van der Waals surface area contributed by atoms with Crippen LogP contribution in [0.25, 0.3) is 0 Å². The van der Waals surface area contributed by atoms with Crippen molar-refractivity contribution in [2.75, 3.05) is 6.54 Å². The number of ether oxygens (including phenoxy) is 1. The molecule has 33 heavy (non-hydrogen) atoms. The molecule has 0 saturated heterocycles. The van der Waals surface area contributed by atoms with E-state index in [2.05, 4.69) is 10.6 Å². The van der Waals surface area contributed by atoms with Crippen LogP contribution in [0.5, 0.6) is 5.75 Å². The van der Waals surface area contributed by atoms with Gasteiger partial charge >= 0.3 is 6.09 Å². The third-order valence-electron chi connectivity index (χ3n) is 5.06. The standard InChI is InChI=1S/C25H41N3O5/c1-10-16(3)19(26-23(32)33-25(7,8)9)22(31)28(11-2)20(21(30)27-24(4,5)6)17-14-12-13-15-18(17)29/h12-16,19-20,29H,10-11H2,1-9H3,(H,26,32)(H,27,30). The minimum Gasteiger partial charge on any atom is -0.508 e. The van der Waals surface area contributed by atoms with Crippen LogP contribution in [0.3, 0.4) is 0 Å². The molecule has 0 aromatic heterocycles. The number of hydrogen-bond acceptors (Lipinski definition) is 5. The normalized spacial score (nSPS) is 14.6. The van der Waals surface area contributed by atoms with E-state index in [1.54, 1.807) is 45.9 Å². The van der Waals surface area contributed by atoms with Crippen LogP contribution in [-0.2, 0) is 14.3 Å². The fourth-order valence-corrected chi connectivity index (χ4v) is 3.37. The van der Waals surface area contributed by atoms with Crippen molar-refractivity contribution in [2.45, 2.75) is 92.0 Å². The zero-order chi connectivity index (χ0) is 25.6. The Morgan fingerprint density at radius 1 is 1.06 bits per heavy atom. The summed E-state index contributed by atoms with van der Waals surface area (Å²) in [5.74, 6) is -1.14. The summed E-state index contributed by atoms with van der Waals surface area (Å²) in [6, 6.07) is 4.49. The van der Waals surface area contributed by atoms with Gasteiger partial charge in [0.05, 0.1) is 0 Å². The van der Waals surface area contributed by atoms with Crippen LogP contribution in [0.2, 0.25) is 0 Å². The summed E-state index contributed by atoms with van der Waals surface area (Å²) >= 11 is 0. The van der Waals surface area contributed by atoms with Crippen molar-refractivity contribution in [3.05, 3.63) is 29.8 Å². The first-order chi connectivity index (χ1) is 15.1. The van der Waals surface area contributed by atoms with Gasteiger partial charge in [0.2, 0.25) is 11.8 Å². The molecule has 3 unspecified atom stereocenters. The first-order valence-electron chi connectivity index (χ1n) is 11.5. The van der Waals surface area contributed by atoms with Gasteiger partial charge in [-0.25, -0.2) is 4.79 Å². The minimum absolute atomic E-state index is 0.0852. The highest BCUT2D eigenvalue weighted by molar-refractivity contribution is 5.92. The second kappa shape index (κ2) is 11.4. The van der Waals surface area contributed by atoms with Gasteiger partial charge < -0.3 is 25.4 Å². The second-order valence-electron chi connectivity index (χ2n) is 10.3. The maximum Gasteiger partial charge on any atom is 0.408 e. The molecule has 0 aliphatic heterocycles. The molecule has 8 heteroatoms. The molecule has 0 aliphatic carbocycles. The lowest BCUT2D eigenvalue weighted by Crippen LogP contribution is -2.56. The summed E-state index contributed by atoms with van der Waals surface area (Å²) in [4.78, 5) is 41.0. The third-order valence-corrected chi connectivity index (χ3v) is 5.06. The number of phenols is 1. The lowest BCUT2D eigenvalue weighted by atomic mass is 9.95. The molecule has 0 heterocycles. The monoisotopic (exact) mass is 463 g/mol. The summed E-state index contributed by atoms with van der Waals surface area (Å²) in [6.45, 7) is 16.5. The van der Waals surface area contributed by atoms with Gasteiger partial charge in [-0.3, -0.25) is 9.59 Å². The highest BCUT2D eigenvalue weighted by Crippen LogP contribution is 2.30. The Morgan fingerprint density at radius 3 is 2.09 bits per heavy atom.